The number of anilines is 2. The normalized spacial score (nSPS) is 22.6. The topological polar surface area (TPSA) is 35.5 Å². The van der Waals surface area contributed by atoms with Crippen LogP contribution in [0.3, 0.4) is 0 Å². The van der Waals surface area contributed by atoms with E-state index in [-0.39, 0.29) is 0 Å². The third-order valence-corrected chi connectivity index (χ3v) is 4.67. The van der Waals surface area contributed by atoms with Gasteiger partial charge >= 0.3 is 0 Å². The van der Waals surface area contributed by atoms with Crippen LogP contribution in [0.2, 0.25) is 0 Å². The lowest BCUT2D eigenvalue weighted by Gasteiger charge is -2.34. The number of hydrogen-bond acceptors (Lipinski definition) is 6. The number of hydrogen-bond donors (Lipinski definition) is 0. The fourth-order valence-corrected chi connectivity index (χ4v) is 3.47. The first-order valence-corrected chi connectivity index (χ1v) is 8.08. The van der Waals surface area contributed by atoms with Crippen LogP contribution in [-0.2, 0) is 0 Å². The van der Waals surface area contributed by atoms with Crippen molar-refractivity contribution >= 4 is 23.4 Å². The Morgan fingerprint density at radius 1 is 0.737 bits per heavy atom. The van der Waals surface area contributed by atoms with E-state index in [2.05, 4.69) is 30.5 Å². The van der Waals surface area contributed by atoms with Gasteiger partial charge in [0.2, 0.25) is 0 Å². The van der Waals surface area contributed by atoms with Gasteiger partial charge < -0.3 is 14.7 Å². The zero-order valence-corrected chi connectivity index (χ0v) is 12.5. The van der Waals surface area contributed by atoms with Gasteiger partial charge in [0.25, 0.3) is 0 Å². The molecular formula is C13H23N5S. The number of aromatic nitrogens is 2. The largest absolute Gasteiger partial charge is 0.353 e. The quantitative estimate of drug-likeness (QED) is 0.824. The molecule has 2 aliphatic heterocycles. The highest BCUT2D eigenvalue weighted by Crippen LogP contribution is 2.29. The molecule has 3 heterocycles. The van der Waals surface area contributed by atoms with E-state index in [1.165, 1.54) is 37.4 Å². The summed E-state index contributed by atoms with van der Waals surface area (Å²) in [6.45, 7) is 6.68. The Hall–Kier alpha value is -0.880. The van der Waals surface area contributed by atoms with E-state index in [0.717, 1.165) is 50.9 Å². The second-order valence-corrected chi connectivity index (χ2v) is 6.13. The Morgan fingerprint density at radius 2 is 1.26 bits per heavy atom. The standard InChI is InChI=1S/C13H23N5S/c1-16-8-10-18(11-9-16)13-12(14-19-15-13)17-6-4-2-3-5-7-17/h2-11H2,1H3. The summed E-state index contributed by atoms with van der Waals surface area (Å²) in [5, 5.41) is 0. The van der Waals surface area contributed by atoms with Crippen LogP contribution in [0.5, 0.6) is 0 Å². The Balaban J connectivity index is 1.73. The molecule has 0 radical (unpaired) electrons. The predicted molar refractivity (Wildman–Crippen MR) is 80.3 cm³/mol. The molecule has 2 saturated heterocycles. The molecule has 0 aromatic carbocycles. The van der Waals surface area contributed by atoms with Crippen LogP contribution in [0.15, 0.2) is 0 Å². The molecule has 0 spiro atoms. The molecule has 0 unspecified atom stereocenters. The maximum Gasteiger partial charge on any atom is 0.187 e. The van der Waals surface area contributed by atoms with Crippen LogP contribution < -0.4 is 9.80 Å². The van der Waals surface area contributed by atoms with Crippen molar-refractivity contribution in [2.24, 2.45) is 0 Å². The first kappa shape index (κ1) is 13.1. The lowest BCUT2D eigenvalue weighted by atomic mass is 10.2. The van der Waals surface area contributed by atoms with Crippen molar-refractivity contribution in [1.82, 2.24) is 13.6 Å². The molecule has 0 N–H and O–H groups in total. The molecule has 1 aromatic heterocycles. The minimum absolute atomic E-state index is 1.07. The third kappa shape index (κ3) is 3.00. The SMILES string of the molecule is CN1CCN(c2nsnc2N2CCCCCC2)CC1. The highest BCUT2D eigenvalue weighted by Gasteiger charge is 2.24. The highest BCUT2D eigenvalue weighted by molar-refractivity contribution is 6.99. The minimum atomic E-state index is 1.07. The molecule has 106 valence electrons. The fourth-order valence-electron chi connectivity index (χ4n) is 2.88. The predicted octanol–water partition coefficient (Wildman–Crippen LogP) is 1.67. The molecule has 0 saturated carbocycles. The summed E-state index contributed by atoms with van der Waals surface area (Å²) in [7, 11) is 2.19. The van der Waals surface area contributed by atoms with Gasteiger partial charge in [0.1, 0.15) is 0 Å². The molecule has 5 nitrogen and oxygen atoms in total. The number of rotatable bonds is 2. The zero-order chi connectivity index (χ0) is 13.1. The lowest BCUT2D eigenvalue weighted by Crippen LogP contribution is -2.45. The van der Waals surface area contributed by atoms with E-state index < -0.39 is 0 Å². The van der Waals surface area contributed by atoms with E-state index in [1.54, 1.807) is 0 Å². The van der Waals surface area contributed by atoms with Crippen LogP contribution in [0.1, 0.15) is 25.7 Å². The lowest BCUT2D eigenvalue weighted by molar-refractivity contribution is 0.312. The number of likely N-dealkylation sites (N-methyl/N-ethyl adjacent to an activating group) is 1. The monoisotopic (exact) mass is 281 g/mol. The summed E-state index contributed by atoms with van der Waals surface area (Å²) in [5.41, 5.74) is 0. The van der Waals surface area contributed by atoms with Gasteiger partial charge in [0.05, 0.1) is 11.7 Å². The van der Waals surface area contributed by atoms with Crippen molar-refractivity contribution in [3.8, 4) is 0 Å². The summed E-state index contributed by atoms with van der Waals surface area (Å²) >= 11 is 1.36. The number of piperazine rings is 1. The first-order valence-electron chi connectivity index (χ1n) is 7.35. The second-order valence-electron chi connectivity index (χ2n) is 5.60. The highest BCUT2D eigenvalue weighted by atomic mass is 32.1. The van der Waals surface area contributed by atoms with E-state index in [1.807, 2.05) is 0 Å². The molecule has 0 aliphatic carbocycles. The molecule has 0 bridgehead atoms. The van der Waals surface area contributed by atoms with Crippen LogP contribution in [0, 0.1) is 0 Å². The summed E-state index contributed by atoms with van der Waals surface area (Å²) in [6.07, 6.45) is 5.30. The molecule has 2 aliphatic rings. The van der Waals surface area contributed by atoms with Crippen LogP contribution in [0.4, 0.5) is 11.6 Å². The van der Waals surface area contributed by atoms with Gasteiger partial charge in [-0.05, 0) is 19.9 Å². The number of nitrogens with zero attached hydrogens (tertiary/aromatic N) is 5. The summed E-state index contributed by atoms with van der Waals surface area (Å²) in [4.78, 5) is 7.23. The maximum atomic E-state index is 4.58. The van der Waals surface area contributed by atoms with E-state index in [0.29, 0.717) is 0 Å². The van der Waals surface area contributed by atoms with Gasteiger partial charge in [-0.15, -0.1) is 0 Å². The first-order chi connectivity index (χ1) is 9.34. The fraction of sp³-hybridized carbons (Fsp3) is 0.846. The minimum Gasteiger partial charge on any atom is -0.353 e. The van der Waals surface area contributed by atoms with Gasteiger partial charge in [-0.1, -0.05) is 12.8 Å². The summed E-state index contributed by atoms with van der Waals surface area (Å²) in [6, 6.07) is 0. The van der Waals surface area contributed by atoms with Gasteiger partial charge in [0.15, 0.2) is 11.6 Å². The van der Waals surface area contributed by atoms with Crippen LogP contribution in [-0.4, -0.2) is 60.0 Å². The zero-order valence-electron chi connectivity index (χ0n) is 11.7. The van der Waals surface area contributed by atoms with Crippen molar-refractivity contribution in [3.05, 3.63) is 0 Å². The molecule has 19 heavy (non-hydrogen) atoms. The van der Waals surface area contributed by atoms with E-state index in [4.69, 9.17) is 0 Å². The molecule has 3 rings (SSSR count). The molecule has 0 atom stereocenters. The van der Waals surface area contributed by atoms with Gasteiger partial charge in [0, 0.05) is 39.3 Å². The molecule has 6 heteroatoms. The second kappa shape index (κ2) is 6.05. The van der Waals surface area contributed by atoms with Crippen LogP contribution in [0.25, 0.3) is 0 Å². The van der Waals surface area contributed by atoms with E-state index in [9.17, 15) is 0 Å². The van der Waals surface area contributed by atoms with Crippen molar-refractivity contribution in [1.29, 1.82) is 0 Å². The van der Waals surface area contributed by atoms with Crippen molar-refractivity contribution in [3.63, 3.8) is 0 Å². The Bertz CT molecular complexity index is 391. The average Bonchev–Trinajstić information content (AvgIpc) is 2.75. The Labute approximate surface area is 119 Å². The van der Waals surface area contributed by atoms with Crippen molar-refractivity contribution in [2.45, 2.75) is 25.7 Å². The summed E-state index contributed by atoms with van der Waals surface area (Å²) in [5.74, 6) is 2.26. The third-order valence-electron chi connectivity index (χ3n) is 4.16. The van der Waals surface area contributed by atoms with E-state index >= 15 is 0 Å². The molecule has 0 amide bonds. The van der Waals surface area contributed by atoms with Crippen LogP contribution >= 0.6 is 11.7 Å². The summed E-state index contributed by atoms with van der Waals surface area (Å²) < 4.78 is 9.14. The van der Waals surface area contributed by atoms with Gasteiger partial charge in [-0.25, -0.2) is 0 Å². The Kier molecular flexibility index (Phi) is 4.18. The maximum absolute atomic E-state index is 4.58. The smallest absolute Gasteiger partial charge is 0.187 e. The average molecular weight is 281 g/mol. The van der Waals surface area contributed by atoms with Crippen molar-refractivity contribution in [2.75, 3.05) is 56.1 Å². The molecule has 1 aromatic rings. The Morgan fingerprint density at radius 3 is 1.84 bits per heavy atom. The van der Waals surface area contributed by atoms with Gasteiger partial charge in [-0.2, -0.15) is 8.75 Å². The molecule has 2 fully saturated rings. The van der Waals surface area contributed by atoms with Crippen molar-refractivity contribution < 1.29 is 0 Å². The van der Waals surface area contributed by atoms with Gasteiger partial charge in [-0.3, -0.25) is 0 Å². The molecular weight excluding hydrogens is 258 g/mol.